The van der Waals surface area contributed by atoms with Crippen LogP contribution in [0.1, 0.15) is 32.4 Å². The van der Waals surface area contributed by atoms with E-state index in [1.165, 1.54) is 0 Å². The van der Waals surface area contributed by atoms with E-state index in [4.69, 9.17) is 0 Å². The van der Waals surface area contributed by atoms with Crippen molar-refractivity contribution in [1.82, 2.24) is 15.2 Å². The van der Waals surface area contributed by atoms with Gasteiger partial charge in [-0.25, -0.2) is 0 Å². The monoisotopic (exact) mass is 275 g/mol. The van der Waals surface area contributed by atoms with E-state index in [9.17, 15) is 9.59 Å². The van der Waals surface area contributed by atoms with Gasteiger partial charge in [0.2, 0.25) is 11.8 Å². The number of hydrogen-bond donors (Lipinski definition) is 1. The number of rotatable bonds is 4. The molecule has 1 aromatic rings. The van der Waals surface area contributed by atoms with Crippen molar-refractivity contribution in [3.05, 3.63) is 30.1 Å². The number of carbonyl (C=O) groups is 2. The molecule has 0 saturated carbocycles. The Morgan fingerprint density at radius 2 is 2.30 bits per heavy atom. The van der Waals surface area contributed by atoms with Crippen LogP contribution in [0.2, 0.25) is 0 Å². The molecule has 0 aromatic carbocycles. The van der Waals surface area contributed by atoms with Gasteiger partial charge in [-0.2, -0.15) is 0 Å². The van der Waals surface area contributed by atoms with E-state index < -0.39 is 0 Å². The van der Waals surface area contributed by atoms with Gasteiger partial charge in [0.15, 0.2) is 0 Å². The summed E-state index contributed by atoms with van der Waals surface area (Å²) < 4.78 is 0. The fraction of sp³-hybridized carbons (Fsp3) is 0.533. The van der Waals surface area contributed by atoms with Crippen LogP contribution in [0.3, 0.4) is 0 Å². The molecule has 2 rings (SSSR count). The molecule has 1 aromatic heterocycles. The second-order valence-corrected chi connectivity index (χ2v) is 5.42. The molecule has 108 valence electrons. The minimum absolute atomic E-state index is 0.0369. The Hall–Kier alpha value is -1.91. The Morgan fingerprint density at radius 3 is 2.85 bits per heavy atom. The molecule has 2 amide bonds. The number of hydrogen-bond acceptors (Lipinski definition) is 3. The average Bonchev–Trinajstić information content (AvgIpc) is 2.45. The van der Waals surface area contributed by atoms with Gasteiger partial charge < -0.3 is 10.2 Å². The second-order valence-electron chi connectivity index (χ2n) is 5.42. The van der Waals surface area contributed by atoms with E-state index in [0.29, 0.717) is 25.9 Å². The van der Waals surface area contributed by atoms with E-state index in [-0.39, 0.29) is 23.8 Å². The summed E-state index contributed by atoms with van der Waals surface area (Å²) in [5, 5.41) is 2.77. The van der Waals surface area contributed by atoms with Crippen LogP contribution in [0.4, 0.5) is 0 Å². The fourth-order valence-corrected chi connectivity index (χ4v) is 2.36. The molecular formula is C15H21N3O2. The standard InChI is InChI=1S/C15H21N3O2/c1-11(2)18(10-13-5-3-4-8-16-13)15(20)12-6-7-14(19)17-9-12/h3-5,8,11-12H,6-7,9-10H2,1-2H3,(H,17,19). The number of nitrogens with zero attached hydrogens (tertiary/aromatic N) is 2. The minimum atomic E-state index is -0.112. The average molecular weight is 275 g/mol. The molecule has 5 heteroatoms. The molecular weight excluding hydrogens is 254 g/mol. The molecule has 0 radical (unpaired) electrons. The van der Waals surface area contributed by atoms with Gasteiger partial charge in [0, 0.05) is 25.2 Å². The quantitative estimate of drug-likeness (QED) is 0.902. The lowest BCUT2D eigenvalue weighted by Crippen LogP contribution is -2.46. The van der Waals surface area contributed by atoms with E-state index in [2.05, 4.69) is 10.3 Å². The van der Waals surface area contributed by atoms with Crippen molar-refractivity contribution >= 4 is 11.8 Å². The van der Waals surface area contributed by atoms with E-state index in [1.807, 2.05) is 36.9 Å². The lowest BCUT2D eigenvalue weighted by molar-refractivity contribution is -0.139. The molecule has 0 spiro atoms. The van der Waals surface area contributed by atoms with Gasteiger partial charge in [-0.05, 0) is 32.4 Å². The van der Waals surface area contributed by atoms with Crippen LogP contribution >= 0.6 is 0 Å². The van der Waals surface area contributed by atoms with Gasteiger partial charge in [-0.3, -0.25) is 14.6 Å². The van der Waals surface area contributed by atoms with Crippen LogP contribution in [-0.4, -0.2) is 34.3 Å². The molecule has 1 fully saturated rings. The molecule has 1 N–H and O–H groups in total. The van der Waals surface area contributed by atoms with Crippen molar-refractivity contribution in [3.63, 3.8) is 0 Å². The van der Waals surface area contributed by atoms with Crippen molar-refractivity contribution in [2.45, 2.75) is 39.3 Å². The molecule has 1 aliphatic heterocycles. The summed E-state index contributed by atoms with van der Waals surface area (Å²) in [4.78, 5) is 29.9. The highest BCUT2D eigenvalue weighted by atomic mass is 16.2. The highest BCUT2D eigenvalue weighted by Gasteiger charge is 2.29. The molecule has 0 aliphatic carbocycles. The number of nitrogens with one attached hydrogen (secondary N) is 1. The maximum absolute atomic E-state index is 12.6. The zero-order chi connectivity index (χ0) is 14.5. The van der Waals surface area contributed by atoms with Crippen molar-refractivity contribution in [2.75, 3.05) is 6.54 Å². The van der Waals surface area contributed by atoms with Gasteiger partial charge in [0.25, 0.3) is 0 Å². The third-order valence-electron chi connectivity index (χ3n) is 3.58. The van der Waals surface area contributed by atoms with E-state index >= 15 is 0 Å². The highest BCUT2D eigenvalue weighted by Crippen LogP contribution is 2.17. The van der Waals surface area contributed by atoms with E-state index in [0.717, 1.165) is 5.69 Å². The molecule has 5 nitrogen and oxygen atoms in total. The summed E-state index contributed by atoms with van der Waals surface area (Å²) in [6, 6.07) is 5.82. The maximum Gasteiger partial charge on any atom is 0.228 e. The topological polar surface area (TPSA) is 62.3 Å². The molecule has 0 bridgehead atoms. The first-order valence-corrected chi connectivity index (χ1v) is 7.05. The van der Waals surface area contributed by atoms with Gasteiger partial charge >= 0.3 is 0 Å². The van der Waals surface area contributed by atoms with Crippen LogP contribution in [0, 0.1) is 5.92 Å². The van der Waals surface area contributed by atoms with Crippen molar-refractivity contribution in [2.24, 2.45) is 5.92 Å². The van der Waals surface area contributed by atoms with Crippen LogP contribution in [0.15, 0.2) is 24.4 Å². The molecule has 1 atom stereocenters. The zero-order valence-electron chi connectivity index (χ0n) is 12.0. The van der Waals surface area contributed by atoms with Gasteiger partial charge in [-0.15, -0.1) is 0 Å². The Labute approximate surface area is 119 Å². The molecule has 1 saturated heterocycles. The summed E-state index contributed by atoms with van der Waals surface area (Å²) >= 11 is 0. The third-order valence-corrected chi connectivity index (χ3v) is 3.58. The lowest BCUT2D eigenvalue weighted by atomic mass is 9.97. The Bertz CT molecular complexity index is 463. The van der Waals surface area contributed by atoms with Crippen LogP contribution in [-0.2, 0) is 16.1 Å². The summed E-state index contributed by atoms with van der Waals surface area (Å²) in [6.07, 6.45) is 2.81. The van der Waals surface area contributed by atoms with Gasteiger partial charge in [0.05, 0.1) is 18.2 Å². The molecule has 1 unspecified atom stereocenters. The van der Waals surface area contributed by atoms with Crippen molar-refractivity contribution in [1.29, 1.82) is 0 Å². The first kappa shape index (κ1) is 14.5. The van der Waals surface area contributed by atoms with Crippen LogP contribution in [0.5, 0.6) is 0 Å². The summed E-state index contributed by atoms with van der Waals surface area (Å²) in [7, 11) is 0. The molecule has 2 heterocycles. The number of pyridine rings is 1. The Morgan fingerprint density at radius 1 is 1.50 bits per heavy atom. The third kappa shape index (κ3) is 3.56. The number of amides is 2. The summed E-state index contributed by atoms with van der Waals surface area (Å²) in [5.74, 6) is 0.0272. The normalized spacial score (nSPS) is 18.8. The summed E-state index contributed by atoms with van der Waals surface area (Å²) in [5.41, 5.74) is 0.884. The van der Waals surface area contributed by atoms with Gasteiger partial charge in [-0.1, -0.05) is 6.07 Å². The Kier molecular flexibility index (Phi) is 4.71. The minimum Gasteiger partial charge on any atom is -0.355 e. The second kappa shape index (κ2) is 6.50. The van der Waals surface area contributed by atoms with Crippen molar-refractivity contribution < 1.29 is 9.59 Å². The highest BCUT2D eigenvalue weighted by molar-refractivity contribution is 5.83. The maximum atomic E-state index is 12.6. The van der Waals surface area contributed by atoms with Crippen molar-refractivity contribution in [3.8, 4) is 0 Å². The lowest BCUT2D eigenvalue weighted by Gasteiger charge is -2.32. The van der Waals surface area contributed by atoms with Crippen LogP contribution < -0.4 is 5.32 Å². The zero-order valence-corrected chi connectivity index (χ0v) is 12.0. The predicted molar refractivity (Wildman–Crippen MR) is 75.7 cm³/mol. The van der Waals surface area contributed by atoms with E-state index in [1.54, 1.807) is 6.20 Å². The first-order chi connectivity index (χ1) is 9.58. The number of piperidine rings is 1. The SMILES string of the molecule is CC(C)N(Cc1ccccn1)C(=O)C1CCC(=O)NC1. The fourth-order valence-electron chi connectivity index (χ4n) is 2.36. The number of aromatic nitrogens is 1. The largest absolute Gasteiger partial charge is 0.355 e. The summed E-state index contributed by atoms with van der Waals surface area (Å²) in [6.45, 7) is 4.97. The van der Waals surface area contributed by atoms with Gasteiger partial charge in [0.1, 0.15) is 0 Å². The number of carbonyl (C=O) groups excluding carboxylic acids is 2. The molecule has 1 aliphatic rings. The predicted octanol–water partition coefficient (Wildman–Crippen LogP) is 1.34. The molecule has 20 heavy (non-hydrogen) atoms. The smallest absolute Gasteiger partial charge is 0.228 e. The van der Waals surface area contributed by atoms with Crippen LogP contribution in [0.25, 0.3) is 0 Å². The Balaban J connectivity index is 2.04. The first-order valence-electron chi connectivity index (χ1n) is 7.05.